The van der Waals surface area contributed by atoms with Crippen LogP contribution in [-0.4, -0.2) is 27.0 Å². The normalized spacial score (nSPS) is 12.0. The number of nitrogens with one attached hydrogen (secondary N) is 1. The lowest BCUT2D eigenvalue weighted by Gasteiger charge is -2.08. The van der Waals surface area contributed by atoms with Gasteiger partial charge in [0.2, 0.25) is 0 Å². The third kappa shape index (κ3) is 6.21. The molecule has 3 aromatic carbocycles. The number of allylic oxidation sites excluding steroid dienone is 2. The summed E-state index contributed by atoms with van der Waals surface area (Å²) < 4.78 is 0. The summed E-state index contributed by atoms with van der Waals surface area (Å²) in [6.07, 6.45) is 5.42. The summed E-state index contributed by atoms with van der Waals surface area (Å²) in [6.45, 7) is 0. The first-order valence-corrected chi connectivity index (χ1v) is 9.70. The summed E-state index contributed by atoms with van der Waals surface area (Å²) in [5.41, 5.74) is 1.34. The van der Waals surface area contributed by atoms with E-state index in [2.05, 4.69) is 5.32 Å². The Hall–Kier alpha value is -4.58. The van der Waals surface area contributed by atoms with Crippen LogP contribution in [0.5, 0.6) is 11.5 Å². The minimum Gasteiger partial charge on any atom is -0.508 e. The summed E-state index contributed by atoms with van der Waals surface area (Å²) in [4.78, 5) is 25.7. The second kappa shape index (κ2) is 10.4. The molecule has 3 aromatic rings. The minimum absolute atomic E-state index is 0.0910. The third-order valence-corrected chi connectivity index (χ3v) is 4.41. The van der Waals surface area contributed by atoms with Gasteiger partial charge in [0.15, 0.2) is 5.78 Å². The number of anilines is 1. The fourth-order valence-electron chi connectivity index (χ4n) is 2.75. The quantitative estimate of drug-likeness (QED) is 0.142. The van der Waals surface area contributed by atoms with E-state index in [4.69, 9.17) is 0 Å². The van der Waals surface area contributed by atoms with E-state index in [-0.39, 0.29) is 11.5 Å². The van der Waals surface area contributed by atoms with Crippen molar-refractivity contribution in [2.45, 2.75) is 0 Å². The molecule has 0 unspecified atom stereocenters. The van der Waals surface area contributed by atoms with Crippen molar-refractivity contribution in [3.8, 4) is 11.5 Å². The summed E-state index contributed by atoms with van der Waals surface area (Å²) in [5.74, 6) is -1.77. The number of aromatic hydroxyl groups is 2. The van der Waals surface area contributed by atoms with Crippen molar-refractivity contribution in [2.75, 3.05) is 5.32 Å². The zero-order valence-electron chi connectivity index (χ0n) is 17.0. The van der Waals surface area contributed by atoms with Crippen LogP contribution in [0.4, 0.5) is 5.69 Å². The molecule has 0 saturated carbocycles. The number of amides is 1. The van der Waals surface area contributed by atoms with Crippen molar-refractivity contribution in [3.63, 3.8) is 0 Å². The SMILES string of the molecule is O=C(/C=C/c1ccc(O)cc1)/C(C(=O)Nc1ccccc1)=C(O)/C=C/c1ccc(O)cc1. The van der Waals surface area contributed by atoms with Crippen molar-refractivity contribution in [3.05, 3.63) is 113 Å². The van der Waals surface area contributed by atoms with Crippen LogP contribution in [0.25, 0.3) is 12.2 Å². The van der Waals surface area contributed by atoms with E-state index in [0.717, 1.165) is 0 Å². The van der Waals surface area contributed by atoms with E-state index in [0.29, 0.717) is 16.8 Å². The first-order chi connectivity index (χ1) is 15.4. The van der Waals surface area contributed by atoms with Crippen molar-refractivity contribution in [2.24, 2.45) is 0 Å². The predicted octanol–water partition coefficient (Wildman–Crippen LogP) is 4.84. The van der Waals surface area contributed by atoms with Crippen molar-refractivity contribution >= 4 is 29.5 Å². The largest absolute Gasteiger partial charge is 0.508 e. The summed E-state index contributed by atoms with van der Waals surface area (Å²) in [7, 11) is 0. The Bertz CT molecular complexity index is 1180. The molecular weight excluding hydrogens is 406 g/mol. The van der Waals surface area contributed by atoms with Gasteiger partial charge < -0.3 is 20.6 Å². The van der Waals surface area contributed by atoms with Gasteiger partial charge in [-0.05, 0) is 59.7 Å². The zero-order chi connectivity index (χ0) is 22.9. The maximum atomic E-state index is 12.8. The molecule has 0 bridgehead atoms. The number of aliphatic hydroxyl groups is 1. The number of carbonyl (C=O) groups is 2. The monoisotopic (exact) mass is 427 g/mol. The third-order valence-electron chi connectivity index (χ3n) is 4.41. The standard InChI is InChI=1S/C26H21NO5/c28-21-12-6-18(7-13-21)10-16-23(30)25(26(32)27-20-4-2-1-3-5-20)24(31)17-11-19-8-14-22(29)15-9-19/h1-17,28-30H,(H,27,32)/b16-10+,17-11+,25-23+. The maximum Gasteiger partial charge on any atom is 0.263 e. The summed E-state index contributed by atoms with van der Waals surface area (Å²) >= 11 is 0. The van der Waals surface area contributed by atoms with Gasteiger partial charge in [0.25, 0.3) is 5.91 Å². The zero-order valence-corrected chi connectivity index (χ0v) is 17.0. The Balaban J connectivity index is 1.90. The fraction of sp³-hybridized carbons (Fsp3) is 0. The smallest absolute Gasteiger partial charge is 0.263 e. The van der Waals surface area contributed by atoms with Crippen molar-refractivity contribution in [1.82, 2.24) is 0 Å². The fourth-order valence-corrected chi connectivity index (χ4v) is 2.75. The number of ketones is 1. The lowest BCUT2D eigenvalue weighted by molar-refractivity contribution is -0.117. The van der Waals surface area contributed by atoms with E-state index in [1.54, 1.807) is 54.6 Å². The second-order valence-corrected chi connectivity index (χ2v) is 6.79. The number of para-hydroxylation sites is 1. The number of rotatable bonds is 7. The van der Waals surface area contributed by atoms with E-state index >= 15 is 0 Å². The van der Waals surface area contributed by atoms with Crippen LogP contribution in [0.3, 0.4) is 0 Å². The molecule has 0 radical (unpaired) electrons. The molecule has 0 atom stereocenters. The number of hydrogen-bond donors (Lipinski definition) is 4. The van der Waals surface area contributed by atoms with Gasteiger partial charge in [-0.15, -0.1) is 0 Å². The van der Waals surface area contributed by atoms with Crippen LogP contribution in [0.15, 0.2) is 102 Å². The Morgan fingerprint density at radius 1 is 0.688 bits per heavy atom. The van der Waals surface area contributed by atoms with Gasteiger partial charge in [0, 0.05) is 5.69 Å². The highest BCUT2D eigenvalue weighted by Gasteiger charge is 2.21. The van der Waals surface area contributed by atoms with Crippen LogP contribution in [0.1, 0.15) is 11.1 Å². The van der Waals surface area contributed by atoms with Crippen LogP contribution in [-0.2, 0) is 9.59 Å². The molecule has 0 spiro atoms. The topological polar surface area (TPSA) is 107 Å². The number of hydrogen-bond acceptors (Lipinski definition) is 5. The Kier molecular flexibility index (Phi) is 7.22. The number of carbonyl (C=O) groups excluding carboxylic acids is 2. The van der Waals surface area contributed by atoms with Gasteiger partial charge in [-0.1, -0.05) is 54.6 Å². The van der Waals surface area contributed by atoms with E-state index < -0.39 is 23.0 Å². The molecule has 0 heterocycles. The van der Waals surface area contributed by atoms with Gasteiger partial charge in [-0.3, -0.25) is 9.59 Å². The molecule has 32 heavy (non-hydrogen) atoms. The molecule has 3 rings (SSSR count). The van der Waals surface area contributed by atoms with E-state index in [1.807, 2.05) is 0 Å². The molecule has 0 saturated heterocycles. The van der Waals surface area contributed by atoms with Gasteiger partial charge in [-0.25, -0.2) is 0 Å². The van der Waals surface area contributed by atoms with Crippen molar-refractivity contribution in [1.29, 1.82) is 0 Å². The van der Waals surface area contributed by atoms with Crippen LogP contribution >= 0.6 is 0 Å². The lowest BCUT2D eigenvalue weighted by atomic mass is 10.1. The molecule has 0 aliphatic rings. The highest BCUT2D eigenvalue weighted by atomic mass is 16.3. The van der Waals surface area contributed by atoms with Crippen LogP contribution < -0.4 is 5.32 Å². The first kappa shape index (κ1) is 22.1. The summed E-state index contributed by atoms with van der Waals surface area (Å²) in [5, 5.41) is 31.9. The van der Waals surface area contributed by atoms with E-state index in [1.165, 1.54) is 48.6 Å². The Morgan fingerprint density at radius 2 is 1.19 bits per heavy atom. The first-order valence-electron chi connectivity index (χ1n) is 9.70. The molecule has 0 aromatic heterocycles. The minimum atomic E-state index is -0.760. The molecule has 0 aliphatic heterocycles. The molecule has 0 aliphatic carbocycles. The molecule has 1 amide bonds. The predicted molar refractivity (Wildman–Crippen MR) is 124 cm³/mol. The number of aliphatic hydroxyl groups excluding tert-OH is 1. The number of phenolic OH excluding ortho intramolecular Hbond substituents is 2. The Labute approximate surface area is 185 Å². The van der Waals surface area contributed by atoms with Gasteiger partial charge in [0.05, 0.1) is 0 Å². The second-order valence-electron chi connectivity index (χ2n) is 6.79. The molecule has 4 N–H and O–H groups in total. The van der Waals surface area contributed by atoms with Gasteiger partial charge >= 0.3 is 0 Å². The highest BCUT2D eigenvalue weighted by molar-refractivity contribution is 6.28. The van der Waals surface area contributed by atoms with Crippen molar-refractivity contribution < 1.29 is 24.9 Å². The lowest BCUT2D eigenvalue weighted by Crippen LogP contribution is -2.21. The molecule has 6 heteroatoms. The van der Waals surface area contributed by atoms with E-state index in [9.17, 15) is 24.9 Å². The summed E-state index contributed by atoms with van der Waals surface area (Å²) in [6, 6.07) is 20.9. The Morgan fingerprint density at radius 3 is 1.72 bits per heavy atom. The molecule has 0 fully saturated rings. The van der Waals surface area contributed by atoms with Crippen LogP contribution in [0, 0.1) is 0 Å². The van der Waals surface area contributed by atoms with Gasteiger partial charge in [-0.2, -0.15) is 0 Å². The average molecular weight is 427 g/mol. The number of benzene rings is 3. The molecule has 160 valence electrons. The molecule has 6 nitrogen and oxygen atoms in total. The molecular formula is C26H21NO5. The average Bonchev–Trinajstić information content (AvgIpc) is 2.79. The van der Waals surface area contributed by atoms with Crippen LogP contribution in [0.2, 0.25) is 0 Å². The highest BCUT2D eigenvalue weighted by Crippen LogP contribution is 2.16. The van der Waals surface area contributed by atoms with Gasteiger partial charge in [0.1, 0.15) is 22.8 Å². The number of phenols is 2. The maximum absolute atomic E-state index is 12.8.